The van der Waals surface area contributed by atoms with E-state index < -0.39 is 0 Å². The third kappa shape index (κ3) is 2.59. The summed E-state index contributed by atoms with van der Waals surface area (Å²) < 4.78 is 1.91. The normalized spacial score (nSPS) is 11.2. The second-order valence-electron chi connectivity index (χ2n) is 5.70. The Morgan fingerprint density at radius 2 is 1.92 bits per heavy atom. The van der Waals surface area contributed by atoms with Gasteiger partial charge in [0.05, 0.1) is 0 Å². The van der Waals surface area contributed by atoms with Crippen LogP contribution in [0.5, 0.6) is 0 Å². The summed E-state index contributed by atoms with van der Waals surface area (Å²) in [6.07, 6.45) is 6.46. The van der Waals surface area contributed by atoms with Crippen molar-refractivity contribution in [1.82, 2.24) is 19.7 Å². The molecule has 3 heterocycles. The maximum atomic E-state index is 9.10. The van der Waals surface area contributed by atoms with Crippen molar-refractivity contribution >= 4 is 11.0 Å². The van der Waals surface area contributed by atoms with Crippen LogP contribution in [0.3, 0.4) is 0 Å². The number of rotatable bonds is 5. The minimum absolute atomic E-state index is 0.160. The van der Waals surface area contributed by atoms with E-state index in [1.807, 2.05) is 47.4 Å². The molecule has 0 amide bonds. The number of aliphatic hydroxyl groups is 1. The van der Waals surface area contributed by atoms with E-state index in [1.54, 1.807) is 0 Å². The summed E-state index contributed by atoms with van der Waals surface area (Å²) in [7, 11) is 0. The van der Waals surface area contributed by atoms with Gasteiger partial charge in [-0.25, -0.2) is 4.98 Å². The molecule has 4 aromatic rings. The van der Waals surface area contributed by atoms with Gasteiger partial charge in [0.1, 0.15) is 11.3 Å². The third-order valence-electron chi connectivity index (χ3n) is 4.10. The van der Waals surface area contributed by atoms with Gasteiger partial charge >= 0.3 is 0 Å². The van der Waals surface area contributed by atoms with Gasteiger partial charge in [-0.2, -0.15) is 5.10 Å². The van der Waals surface area contributed by atoms with Crippen LogP contribution in [0, 0.1) is 0 Å². The lowest BCUT2D eigenvalue weighted by Gasteiger charge is -2.04. The second kappa shape index (κ2) is 6.29. The van der Waals surface area contributed by atoms with Crippen molar-refractivity contribution in [2.75, 3.05) is 6.61 Å². The van der Waals surface area contributed by atoms with Gasteiger partial charge in [-0.3, -0.25) is 4.68 Å². The number of aromatic amines is 1. The summed E-state index contributed by atoms with van der Waals surface area (Å²) >= 11 is 0. The lowest BCUT2D eigenvalue weighted by Crippen LogP contribution is -2.00. The molecule has 24 heavy (non-hydrogen) atoms. The van der Waals surface area contributed by atoms with Gasteiger partial charge in [0.15, 0.2) is 0 Å². The number of aliphatic hydroxyl groups excluding tert-OH is 1. The zero-order valence-corrected chi connectivity index (χ0v) is 13.2. The van der Waals surface area contributed by atoms with Crippen LogP contribution in [0.25, 0.3) is 33.4 Å². The van der Waals surface area contributed by atoms with E-state index >= 15 is 0 Å². The summed E-state index contributed by atoms with van der Waals surface area (Å²) in [5.41, 5.74) is 5.08. The molecule has 5 heteroatoms. The molecule has 3 aromatic heterocycles. The molecule has 0 spiro atoms. The number of pyridine rings is 1. The van der Waals surface area contributed by atoms with E-state index in [0.717, 1.165) is 33.4 Å². The molecule has 0 saturated heterocycles. The minimum Gasteiger partial charge on any atom is -0.396 e. The topological polar surface area (TPSA) is 66.7 Å². The zero-order valence-electron chi connectivity index (χ0n) is 13.2. The fourth-order valence-electron chi connectivity index (χ4n) is 2.97. The highest BCUT2D eigenvalue weighted by Gasteiger charge is 2.15. The van der Waals surface area contributed by atoms with E-state index in [1.165, 1.54) is 0 Å². The molecule has 0 saturated carbocycles. The molecule has 120 valence electrons. The average Bonchev–Trinajstić information content (AvgIpc) is 3.27. The van der Waals surface area contributed by atoms with Crippen LogP contribution in [-0.4, -0.2) is 31.5 Å². The molecule has 0 bridgehead atoms. The third-order valence-corrected chi connectivity index (χ3v) is 4.10. The molecule has 1 aromatic carbocycles. The maximum absolute atomic E-state index is 9.10. The van der Waals surface area contributed by atoms with Crippen LogP contribution in [0.2, 0.25) is 0 Å². The van der Waals surface area contributed by atoms with Crippen molar-refractivity contribution in [3.8, 4) is 22.4 Å². The average molecular weight is 318 g/mol. The molecule has 0 aliphatic heterocycles. The van der Waals surface area contributed by atoms with Crippen molar-refractivity contribution in [2.24, 2.45) is 0 Å². The first-order valence-corrected chi connectivity index (χ1v) is 8.03. The predicted molar refractivity (Wildman–Crippen MR) is 94.5 cm³/mol. The largest absolute Gasteiger partial charge is 0.396 e. The van der Waals surface area contributed by atoms with Gasteiger partial charge in [-0.15, -0.1) is 0 Å². The molecule has 0 atom stereocenters. The molecule has 4 rings (SSSR count). The van der Waals surface area contributed by atoms with Crippen LogP contribution in [0.15, 0.2) is 61.1 Å². The molecule has 0 radical (unpaired) electrons. The van der Waals surface area contributed by atoms with Crippen molar-refractivity contribution in [1.29, 1.82) is 0 Å². The van der Waals surface area contributed by atoms with Crippen molar-refractivity contribution in [2.45, 2.75) is 13.0 Å². The number of fused-ring (bicyclic) bond motifs is 1. The van der Waals surface area contributed by atoms with E-state index in [9.17, 15) is 0 Å². The van der Waals surface area contributed by atoms with Crippen molar-refractivity contribution in [3.63, 3.8) is 0 Å². The Balaban J connectivity index is 1.90. The van der Waals surface area contributed by atoms with Crippen LogP contribution in [-0.2, 0) is 6.54 Å². The molecule has 0 aliphatic carbocycles. The van der Waals surface area contributed by atoms with Crippen LogP contribution >= 0.6 is 0 Å². The first kappa shape index (κ1) is 14.7. The lowest BCUT2D eigenvalue weighted by atomic mass is 10.0. The Morgan fingerprint density at radius 3 is 2.75 bits per heavy atom. The van der Waals surface area contributed by atoms with E-state index in [2.05, 4.69) is 28.3 Å². The van der Waals surface area contributed by atoms with Crippen LogP contribution < -0.4 is 0 Å². The Hall–Kier alpha value is -2.92. The minimum atomic E-state index is 0.160. The fraction of sp³-hybridized carbons (Fsp3) is 0.158. The quantitative estimate of drug-likeness (QED) is 0.592. The van der Waals surface area contributed by atoms with E-state index in [4.69, 9.17) is 10.2 Å². The maximum Gasteiger partial charge on any atom is 0.137 e. The summed E-state index contributed by atoms with van der Waals surface area (Å²) in [6.45, 7) is 0.852. The second-order valence-corrected chi connectivity index (χ2v) is 5.70. The van der Waals surface area contributed by atoms with Crippen molar-refractivity contribution in [3.05, 3.63) is 61.1 Å². The number of nitrogens with one attached hydrogen (secondary N) is 1. The molecule has 0 aliphatic rings. The molecular formula is C19H18N4O. The molecule has 2 N–H and O–H groups in total. The van der Waals surface area contributed by atoms with Crippen molar-refractivity contribution < 1.29 is 5.11 Å². The summed E-state index contributed by atoms with van der Waals surface area (Å²) in [5.74, 6) is 0. The molecule has 0 fully saturated rings. The fourth-order valence-corrected chi connectivity index (χ4v) is 2.97. The summed E-state index contributed by atoms with van der Waals surface area (Å²) in [4.78, 5) is 7.53. The SMILES string of the molecule is OCCCn1cc(-c2ccnc3[nH]ccc23)c(-c2ccccc2)n1. The predicted octanol–water partition coefficient (Wildman–Crippen LogP) is 3.48. The van der Waals surface area contributed by atoms with Gasteiger partial charge in [0.2, 0.25) is 0 Å². The van der Waals surface area contributed by atoms with Gasteiger partial charge in [-0.05, 0) is 24.1 Å². The Bertz CT molecular complexity index is 956. The Labute approximate surface area is 139 Å². The number of hydrogen-bond donors (Lipinski definition) is 2. The highest BCUT2D eigenvalue weighted by molar-refractivity contribution is 5.96. The molecule has 0 unspecified atom stereocenters. The van der Waals surface area contributed by atoms with Crippen LogP contribution in [0.1, 0.15) is 6.42 Å². The lowest BCUT2D eigenvalue weighted by molar-refractivity contribution is 0.277. The highest BCUT2D eigenvalue weighted by atomic mass is 16.3. The Kier molecular flexibility index (Phi) is 3.84. The first-order valence-electron chi connectivity index (χ1n) is 8.03. The Morgan fingerprint density at radius 1 is 1.04 bits per heavy atom. The number of H-pyrrole nitrogens is 1. The number of nitrogens with zero attached hydrogens (tertiary/aromatic N) is 3. The number of hydrogen-bond acceptors (Lipinski definition) is 3. The highest BCUT2D eigenvalue weighted by Crippen LogP contribution is 2.34. The van der Waals surface area contributed by atoms with Gasteiger partial charge in [-0.1, -0.05) is 30.3 Å². The van der Waals surface area contributed by atoms with E-state index in [-0.39, 0.29) is 6.61 Å². The van der Waals surface area contributed by atoms with Crippen LogP contribution in [0.4, 0.5) is 0 Å². The molecular weight excluding hydrogens is 300 g/mol. The standard InChI is InChI=1S/C19H18N4O/c24-12-4-11-23-13-17(18(22-23)14-5-2-1-3-6-14)15-7-9-20-19-16(15)8-10-21-19/h1-3,5-10,13,24H,4,11-12H2,(H,20,21). The number of aromatic nitrogens is 4. The monoisotopic (exact) mass is 318 g/mol. The van der Waals surface area contributed by atoms with Gasteiger partial charge in [0.25, 0.3) is 0 Å². The summed E-state index contributed by atoms with van der Waals surface area (Å²) in [6, 6.07) is 14.2. The van der Waals surface area contributed by atoms with Gasteiger partial charge < -0.3 is 10.1 Å². The first-order chi connectivity index (χ1) is 11.9. The number of aryl methyl sites for hydroxylation is 1. The van der Waals surface area contributed by atoms with Gasteiger partial charge in [0, 0.05) is 48.3 Å². The molecule has 5 nitrogen and oxygen atoms in total. The summed E-state index contributed by atoms with van der Waals surface area (Å²) in [5, 5.41) is 14.9. The number of benzene rings is 1. The smallest absolute Gasteiger partial charge is 0.137 e. The zero-order chi connectivity index (χ0) is 16.4. The van der Waals surface area contributed by atoms with E-state index in [0.29, 0.717) is 13.0 Å².